The lowest BCUT2D eigenvalue weighted by atomic mass is 9.57. The summed E-state index contributed by atoms with van der Waals surface area (Å²) in [5.41, 5.74) is -1.79. The third-order valence-corrected chi connectivity index (χ3v) is 15.6. The summed E-state index contributed by atoms with van der Waals surface area (Å²) in [7, 11) is 0. The van der Waals surface area contributed by atoms with Gasteiger partial charge in [-0.25, -0.2) is 0 Å². The Morgan fingerprint density at radius 2 is 1.04 bits per heavy atom. The summed E-state index contributed by atoms with van der Waals surface area (Å²) in [4.78, 5) is 0. The van der Waals surface area contributed by atoms with Crippen molar-refractivity contribution in [2.75, 3.05) is 52.9 Å². The van der Waals surface area contributed by atoms with Gasteiger partial charge in [0.15, 0.2) is 11.6 Å². The molecule has 0 aromatic rings. The van der Waals surface area contributed by atoms with Crippen LogP contribution in [0.3, 0.4) is 0 Å². The molecule has 0 aromatic carbocycles. The van der Waals surface area contributed by atoms with Gasteiger partial charge in [-0.2, -0.15) is 10.1 Å². The average Bonchev–Trinajstić information content (AvgIpc) is 3.17. The molecule has 0 bridgehead atoms. The number of hydrogen-bond acceptors (Lipinski definition) is 10. The molecule has 52 heavy (non-hydrogen) atoms. The van der Waals surface area contributed by atoms with Gasteiger partial charge < -0.3 is 38.8 Å². The molecule has 0 amide bonds. The summed E-state index contributed by atoms with van der Waals surface area (Å²) >= 11 is 0. The molecule has 4 saturated heterocycles. The summed E-state index contributed by atoms with van der Waals surface area (Å²) < 4.78 is 39.1. The van der Waals surface area contributed by atoms with Gasteiger partial charge >= 0.3 is 0 Å². The van der Waals surface area contributed by atoms with Gasteiger partial charge in [-0.1, -0.05) is 68.2 Å². The van der Waals surface area contributed by atoms with Crippen molar-refractivity contribution in [1.29, 1.82) is 0 Å². The molecular formula is C42H80N2O8. The van der Waals surface area contributed by atoms with Gasteiger partial charge in [0, 0.05) is 59.4 Å². The van der Waals surface area contributed by atoms with Crippen LogP contribution in [0.4, 0.5) is 0 Å². The fourth-order valence-corrected chi connectivity index (χ4v) is 9.97. The van der Waals surface area contributed by atoms with E-state index >= 15 is 0 Å². The van der Waals surface area contributed by atoms with Crippen LogP contribution in [0.1, 0.15) is 160 Å². The highest BCUT2D eigenvalue weighted by atomic mass is 16.7. The molecule has 10 nitrogen and oxygen atoms in total. The second-order valence-corrected chi connectivity index (χ2v) is 18.5. The van der Waals surface area contributed by atoms with Crippen LogP contribution in [-0.2, 0) is 28.4 Å². The number of nitrogens with zero attached hydrogens (tertiary/aromatic N) is 2. The summed E-state index contributed by atoms with van der Waals surface area (Å²) in [5, 5.41) is 25.8. The molecule has 0 radical (unpaired) electrons. The van der Waals surface area contributed by atoms with Crippen LogP contribution in [0, 0.1) is 22.7 Å². The normalized spacial score (nSPS) is 44.9. The Balaban J connectivity index is 1.15. The first-order valence-corrected chi connectivity index (χ1v) is 21.1. The molecule has 6 unspecified atom stereocenters. The second-order valence-electron chi connectivity index (χ2n) is 18.5. The van der Waals surface area contributed by atoms with E-state index in [1.165, 1.54) is 0 Å². The lowest BCUT2D eigenvalue weighted by molar-refractivity contribution is -0.403. The SMILES string of the molecule is CCC1(COCCCCCCOCC2(CC)OCC3(CO2)CC(C)(CC)N(O)C(C)(CC)C3C)COC2(CC(C)(CC)N(O)C(C)(CC)C2C)OC1. The molecule has 4 fully saturated rings. The smallest absolute Gasteiger partial charge is 0.191 e. The molecule has 2 N–H and O–H groups in total. The van der Waals surface area contributed by atoms with E-state index in [2.05, 4.69) is 83.1 Å². The fraction of sp³-hybridized carbons (Fsp3) is 1.00. The van der Waals surface area contributed by atoms with Crippen LogP contribution >= 0.6 is 0 Å². The molecule has 306 valence electrons. The molecule has 0 aliphatic carbocycles. The van der Waals surface area contributed by atoms with Gasteiger partial charge in [0.2, 0.25) is 0 Å². The Morgan fingerprint density at radius 3 is 1.50 bits per heavy atom. The maximum atomic E-state index is 11.3. The van der Waals surface area contributed by atoms with Crippen molar-refractivity contribution in [3.05, 3.63) is 0 Å². The number of hydrogen-bond donors (Lipinski definition) is 2. The van der Waals surface area contributed by atoms with Gasteiger partial charge in [0.1, 0.15) is 6.61 Å². The Labute approximate surface area is 317 Å². The number of hydroxylamine groups is 4. The summed E-state index contributed by atoms with van der Waals surface area (Å²) in [6.45, 7) is 30.9. The number of piperidine rings is 2. The monoisotopic (exact) mass is 741 g/mol. The standard InChI is InChI=1S/C42H80N2O8/c1-13-35(9)25-40(33(7)37(11,15-3)43(35)45)30-49-41(18-6,50-31-40)32-48-24-22-20-19-21-23-47-27-39(17-5)28-51-42(52-29-39)26-36(10,14-2)44(46)38(12,16-4)34(42)8/h33-34,45-46H,13-32H2,1-12H3. The number of unbranched alkanes of at least 4 members (excludes halogenated alkanes) is 3. The van der Waals surface area contributed by atoms with Gasteiger partial charge in [-0.15, -0.1) is 0 Å². The van der Waals surface area contributed by atoms with E-state index < -0.39 is 22.7 Å². The van der Waals surface area contributed by atoms with Gasteiger partial charge in [0.25, 0.3) is 0 Å². The Hall–Kier alpha value is -0.400. The lowest BCUT2D eigenvalue weighted by Crippen LogP contribution is -2.73. The van der Waals surface area contributed by atoms with Gasteiger partial charge in [-0.05, 0) is 85.0 Å². The van der Waals surface area contributed by atoms with E-state index in [0.29, 0.717) is 52.7 Å². The van der Waals surface area contributed by atoms with Crippen molar-refractivity contribution < 1.29 is 38.8 Å². The van der Waals surface area contributed by atoms with E-state index in [9.17, 15) is 10.4 Å². The largest absolute Gasteiger partial charge is 0.381 e. The third kappa shape index (κ3) is 8.05. The second kappa shape index (κ2) is 17.0. The molecule has 4 rings (SSSR count). The first kappa shape index (κ1) is 44.3. The van der Waals surface area contributed by atoms with E-state index in [4.69, 9.17) is 28.4 Å². The first-order chi connectivity index (χ1) is 24.4. The summed E-state index contributed by atoms with van der Waals surface area (Å²) in [6.07, 6.45) is 10.7. The fourth-order valence-electron chi connectivity index (χ4n) is 9.97. The topological polar surface area (TPSA) is 102 Å². The van der Waals surface area contributed by atoms with Crippen LogP contribution in [0.5, 0.6) is 0 Å². The highest BCUT2D eigenvalue weighted by molar-refractivity contribution is 5.11. The highest BCUT2D eigenvalue weighted by Crippen LogP contribution is 2.56. The van der Waals surface area contributed by atoms with Crippen molar-refractivity contribution >= 4 is 0 Å². The zero-order chi connectivity index (χ0) is 38.7. The molecule has 4 heterocycles. The van der Waals surface area contributed by atoms with Crippen LogP contribution in [0.2, 0.25) is 0 Å². The van der Waals surface area contributed by atoms with E-state index in [0.717, 1.165) is 77.2 Å². The zero-order valence-corrected chi connectivity index (χ0v) is 35.5. The predicted octanol–water partition coefficient (Wildman–Crippen LogP) is 9.00. The molecule has 2 spiro atoms. The number of ether oxygens (including phenoxy) is 6. The maximum absolute atomic E-state index is 11.3. The van der Waals surface area contributed by atoms with Crippen molar-refractivity contribution in [2.45, 2.75) is 194 Å². The van der Waals surface area contributed by atoms with Crippen LogP contribution < -0.4 is 0 Å². The molecule has 6 atom stereocenters. The minimum absolute atomic E-state index is 0.0196. The Kier molecular flexibility index (Phi) is 14.5. The van der Waals surface area contributed by atoms with Crippen molar-refractivity contribution in [3.63, 3.8) is 0 Å². The Morgan fingerprint density at radius 1 is 0.558 bits per heavy atom. The minimum atomic E-state index is -0.707. The number of rotatable bonds is 17. The third-order valence-electron chi connectivity index (χ3n) is 15.6. The van der Waals surface area contributed by atoms with Crippen molar-refractivity contribution in [3.8, 4) is 0 Å². The average molecular weight is 741 g/mol. The highest BCUT2D eigenvalue weighted by Gasteiger charge is 2.64. The minimum Gasteiger partial charge on any atom is -0.381 e. The molecule has 0 aromatic heterocycles. The molecular weight excluding hydrogens is 660 g/mol. The quantitative estimate of drug-likeness (QED) is 0.141. The summed E-state index contributed by atoms with van der Waals surface area (Å²) in [5.74, 6) is -1.17. The molecule has 10 heteroatoms. The molecule has 0 saturated carbocycles. The zero-order valence-electron chi connectivity index (χ0n) is 35.5. The van der Waals surface area contributed by atoms with Crippen LogP contribution in [-0.4, -0.2) is 107 Å². The van der Waals surface area contributed by atoms with E-state index in [1.807, 2.05) is 0 Å². The maximum Gasteiger partial charge on any atom is 0.191 e. The van der Waals surface area contributed by atoms with Crippen molar-refractivity contribution in [1.82, 2.24) is 10.1 Å². The van der Waals surface area contributed by atoms with Gasteiger partial charge in [-0.3, -0.25) is 0 Å². The first-order valence-electron chi connectivity index (χ1n) is 21.1. The summed E-state index contributed by atoms with van der Waals surface area (Å²) in [6, 6.07) is 0. The van der Waals surface area contributed by atoms with Gasteiger partial charge in [0.05, 0.1) is 38.6 Å². The van der Waals surface area contributed by atoms with Crippen molar-refractivity contribution in [2.24, 2.45) is 22.7 Å². The lowest BCUT2D eigenvalue weighted by Gasteiger charge is -2.64. The van der Waals surface area contributed by atoms with E-state index in [-0.39, 0.29) is 33.7 Å². The molecule has 4 aliphatic rings. The van der Waals surface area contributed by atoms with E-state index in [1.54, 1.807) is 10.1 Å². The van der Waals surface area contributed by atoms with Crippen LogP contribution in [0.25, 0.3) is 0 Å². The van der Waals surface area contributed by atoms with Crippen LogP contribution in [0.15, 0.2) is 0 Å². The Bertz CT molecular complexity index is 1040. The predicted molar refractivity (Wildman–Crippen MR) is 204 cm³/mol. The molecule has 4 aliphatic heterocycles.